The Morgan fingerprint density at radius 3 is 2.70 bits per heavy atom. The van der Waals surface area contributed by atoms with Gasteiger partial charge in [0.05, 0.1) is 12.0 Å². The molecule has 10 nitrogen and oxygen atoms in total. The Labute approximate surface area is 173 Å². The summed E-state index contributed by atoms with van der Waals surface area (Å²) < 4.78 is 4.92. The molecule has 1 aliphatic heterocycles. The molecule has 3 heterocycles. The molecule has 1 saturated heterocycles. The van der Waals surface area contributed by atoms with E-state index in [1.807, 2.05) is 37.3 Å². The second-order valence-electron chi connectivity index (χ2n) is 7.27. The van der Waals surface area contributed by atoms with Crippen molar-refractivity contribution >= 4 is 11.8 Å². The van der Waals surface area contributed by atoms with Gasteiger partial charge in [-0.15, -0.1) is 0 Å². The lowest BCUT2D eigenvalue weighted by molar-refractivity contribution is -0.125. The highest BCUT2D eigenvalue weighted by molar-refractivity contribution is 5.92. The minimum atomic E-state index is -0.326. The second-order valence-corrected chi connectivity index (χ2v) is 7.27. The number of nitrogens with zero attached hydrogens (tertiary/aromatic N) is 4. The topological polar surface area (TPSA) is 129 Å². The SMILES string of the molecule is COCC(=O)N[C@@H]1CN(C(=O)c2cc(C)[nH]n2)C[C@H]1c1nc(-c2ccccc2)n[nH]1. The van der Waals surface area contributed by atoms with Gasteiger partial charge in [-0.05, 0) is 13.0 Å². The highest BCUT2D eigenvalue weighted by atomic mass is 16.5. The summed E-state index contributed by atoms with van der Waals surface area (Å²) in [5, 5.41) is 17.1. The summed E-state index contributed by atoms with van der Waals surface area (Å²) in [6, 6.07) is 11.0. The monoisotopic (exact) mass is 409 g/mol. The van der Waals surface area contributed by atoms with Gasteiger partial charge in [-0.25, -0.2) is 4.98 Å². The lowest BCUT2D eigenvalue weighted by atomic mass is 10.0. The number of aromatic amines is 2. The van der Waals surface area contributed by atoms with Gasteiger partial charge >= 0.3 is 0 Å². The molecule has 1 aromatic carbocycles. The zero-order chi connectivity index (χ0) is 21.1. The Kier molecular flexibility index (Phi) is 5.57. The largest absolute Gasteiger partial charge is 0.375 e. The van der Waals surface area contributed by atoms with E-state index in [1.165, 1.54) is 7.11 Å². The summed E-state index contributed by atoms with van der Waals surface area (Å²) in [6.07, 6.45) is 0. The van der Waals surface area contributed by atoms with Crippen LogP contribution in [0.5, 0.6) is 0 Å². The number of likely N-dealkylation sites (tertiary alicyclic amines) is 1. The van der Waals surface area contributed by atoms with Crippen LogP contribution in [0.4, 0.5) is 0 Å². The van der Waals surface area contributed by atoms with Crippen LogP contribution in [-0.2, 0) is 9.53 Å². The minimum Gasteiger partial charge on any atom is -0.375 e. The predicted molar refractivity (Wildman–Crippen MR) is 108 cm³/mol. The first-order valence-corrected chi connectivity index (χ1v) is 9.62. The zero-order valence-electron chi connectivity index (χ0n) is 16.8. The Bertz CT molecular complexity index is 1030. The smallest absolute Gasteiger partial charge is 0.274 e. The van der Waals surface area contributed by atoms with Crippen LogP contribution < -0.4 is 5.32 Å². The standard InChI is InChI=1S/C20H23N7O3/c1-12-8-15(24-23-12)20(29)27-9-14(16(10-27)21-17(28)11-30-2)19-22-18(25-26-19)13-6-4-3-5-7-13/h3-8,14,16H,9-11H2,1-2H3,(H,21,28)(H,23,24)(H,22,25,26)/t14-,16-/m1/s1. The first-order valence-electron chi connectivity index (χ1n) is 9.62. The van der Waals surface area contributed by atoms with Crippen molar-refractivity contribution in [3.05, 3.63) is 53.6 Å². The van der Waals surface area contributed by atoms with Crippen molar-refractivity contribution < 1.29 is 14.3 Å². The van der Waals surface area contributed by atoms with E-state index in [-0.39, 0.29) is 30.4 Å². The van der Waals surface area contributed by atoms with Gasteiger partial charge in [-0.3, -0.25) is 19.8 Å². The van der Waals surface area contributed by atoms with E-state index in [1.54, 1.807) is 11.0 Å². The van der Waals surface area contributed by atoms with E-state index in [9.17, 15) is 9.59 Å². The second kappa shape index (κ2) is 8.46. The van der Waals surface area contributed by atoms with E-state index in [0.717, 1.165) is 11.3 Å². The van der Waals surface area contributed by atoms with Gasteiger partial charge < -0.3 is 15.0 Å². The quantitative estimate of drug-likeness (QED) is 0.554. The first-order chi connectivity index (χ1) is 14.5. The minimum absolute atomic E-state index is 0.0542. The number of carbonyl (C=O) groups is 2. The molecule has 1 aliphatic rings. The molecular weight excluding hydrogens is 386 g/mol. The van der Waals surface area contributed by atoms with Crippen molar-refractivity contribution in [3.8, 4) is 11.4 Å². The van der Waals surface area contributed by atoms with E-state index < -0.39 is 0 Å². The summed E-state index contributed by atoms with van der Waals surface area (Å²) in [5.74, 6) is 0.501. The molecule has 0 unspecified atom stereocenters. The van der Waals surface area contributed by atoms with Crippen molar-refractivity contribution in [1.82, 2.24) is 35.6 Å². The van der Waals surface area contributed by atoms with Crippen LogP contribution in [0.1, 0.15) is 27.9 Å². The van der Waals surface area contributed by atoms with Crippen LogP contribution in [0.2, 0.25) is 0 Å². The average molecular weight is 409 g/mol. The molecule has 0 spiro atoms. The summed E-state index contributed by atoms with van der Waals surface area (Å²) in [5.41, 5.74) is 2.04. The molecule has 4 rings (SSSR count). The third-order valence-electron chi connectivity index (χ3n) is 5.04. The number of aromatic nitrogens is 5. The van der Waals surface area contributed by atoms with Gasteiger partial charge in [-0.2, -0.15) is 10.2 Å². The van der Waals surface area contributed by atoms with Crippen molar-refractivity contribution in [1.29, 1.82) is 0 Å². The maximum Gasteiger partial charge on any atom is 0.274 e. The fourth-order valence-electron chi connectivity index (χ4n) is 3.62. The summed E-state index contributed by atoms with van der Waals surface area (Å²) in [6.45, 7) is 2.50. The van der Waals surface area contributed by atoms with Gasteiger partial charge in [0, 0.05) is 31.5 Å². The third-order valence-corrected chi connectivity index (χ3v) is 5.04. The van der Waals surface area contributed by atoms with Crippen LogP contribution in [0, 0.1) is 6.92 Å². The molecule has 156 valence electrons. The summed E-state index contributed by atoms with van der Waals surface area (Å²) in [7, 11) is 1.46. The molecule has 10 heteroatoms. The predicted octanol–water partition coefficient (Wildman–Crippen LogP) is 0.874. The lowest BCUT2D eigenvalue weighted by Gasteiger charge is -2.17. The van der Waals surface area contributed by atoms with Gasteiger partial charge in [-0.1, -0.05) is 30.3 Å². The number of methoxy groups -OCH3 is 1. The molecule has 0 saturated carbocycles. The Morgan fingerprint density at radius 1 is 1.20 bits per heavy atom. The van der Waals surface area contributed by atoms with Gasteiger partial charge in [0.2, 0.25) is 5.91 Å². The third kappa shape index (κ3) is 4.08. The Balaban J connectivity index is 1.57. The number of carbonyl (C=O) groups excluding carboxylic acids is 2. The van der Waals surface area contributed by atoms with Crippen LogP contribution in [0.25, 0.3) is 11.4 Å². The molecule has 3 aromatic rings. The fourth-order valence-corrected chi connectivity index (χ4v) is 3.62. The molecular formula is C20H23N7O3. The normalized spacial score (nSPS) is 18.5. The van der Waals surface area contributed by atoms with E-state index >= 15 is 0 Å². The number of amides is 2. The van der Waals surface area contributed by atoms with Gasteiger partial charge in [0.25, 0.3) is 5.91 Å². The van der Waals surface area contributed by atoms with Crippen LogP contribution in [0.15, 0.2) is 36.4 Å². The molecule has 0 aliphatic carbocycles. The molecule has 30 heavy (non-hydrogen) atoms. The summed E-state index contributed by atoms with van der Waals surface area (Å²) in [4.78, 5) is 31.3. The Hall–Kier alpha value is -3.53. The van der Waals surface area contributed by atoms with Crippen LogP contribution in [-0.4, -0.2) is 74.9 Å². The molecule has 0 bridgehead atoms. The average Bonchev–Trinajstić information content (AvgIpc) is 3.48. The van der Waals surface area contributed by atoms with Crippen LogP contribution >= 0.6 is 0 Å². The number of ether oxygens (including phenoxy) is 1. The number of rotatable bonds is 6. The number of hydrogen-bond acceptors (Lipinski definition) is 6. The molecule has 3 N–H and O–H groups in total. The van der Waals surface area contributed by atoms with Gasteiger partial charge in [0.15, 0.2) is 5.82 Å². The number of nitrogens with one attached hydrogen (secondary N) is 3. The maximum atomic E-state index is 12.9. The molecule has 2 aromatic heterocycles. The number of aryl methyl sites for hydroxylation is 1. The summed E-state index contributed by atoms with van der Waals surface area (Å²) >= 11 is 0. The van der Waals surface area contributed by atoms with E-state index in [4.69, 9.17) is 4.74 Å². The van der Waals surface area contributed by atoms with Crippen molar-refractivity contribution in [3.63, 3.8) is 0 Å². The molecule has 2 amide bonds. The highest BCUT2D eigenvalue weighted by Crippen LogP contribution is 2.28. The molecule has 0 radical (unpaired) electrons. The van der Waals surface area contributed by atoms with E-state index in [2.05, 4.69) is 30.7 Å². The van der Waals surface area contributed by atoms with Gasteiger partial charge in [0.1, 0.15) is 18.1 Å². The number of hydrogen-bond donors (Lipinski definition) is 3. The van der Waals surface area contributed by atoms with Crippen molar-refractivity contribution in [2.75, 3.05) is 26.8 Å². The lowest BCUT2D eigenvalue weighted by Crippen LogP contribution is -2.42. The molecule has 2 atom stereocenters. The fraction of sp³-hybridized carbons (Fsp3) is 0.350. The highest BCUT2D eigenvalue weighted by Gasteiger charge is 2.39. The van der Waals surface area contributed by atoms with Crippen LogP contribution in [0.3, 0.4) is 0 Å². The maximum absolute atomic E-state index is 12.9. The number of H-pyrrole nitrogens is 2. The van der Waals surface area contributed by atoms with E-state index in [0.29, 0.717) is 30.4 Å². The Morgan fingerprint density at radius 2 is 2.00 bits per heavy atom. The zero-order valence-corrected chi connectivity index (χ0v) is 16.8. The van der Waals surface area contributed by atoms with Crippen molar-refractivity contribution in [2.24, 2.45) is 0 Å². The molecule has 1 fully saturated rings. The number of benzene rings is 1. The first kappa shape index (κ1) is 19.8. The van der Waals surface area contributed by atoms with Crippen molar-refractivity contribution in [2.45, 2.75) is 18.9 Å².